The highest BCUT2D eigenvalue weighted by Crippen LogP contribution is 2.40. The number of hydrogen-bond donors (Lipinski definition) is 0. The van der Waals surface area contributed by atoms with Gasteiger partial charge in [-0.25, -0.2) is 18.4 Å². The lowest BCUT2D eigenvalue weighted by Gasteiger charge is -2.37. The quantitative estimate of drug-likeness (QED) is 0.169. The fourth-order valence-electron chi connectivity index (χ4n) is 6.27. The number of rotatable bonds is 11. The molecule has 0 amide bonds. The largest absolute Gasteiger partial charge is 0.488 e. The Morgan fingerprint density at radius 2 is 1.62 bits per heavy atom. The molecule has 262 valence electrons. The van der Waals surface area contributed by atoms with Crippen LogP contribution < -0.4 is 20.2 Å². The first-order valence-corrected chi connectivity index (χ1v) is 17.3. The number of piperazine rings is 1. The highest BCUT2D eigenvalue weighted by Gasteiger charge is 2.46. The third-order valence-corrected chi connectivity index (χ3v) is 9.74. The SMILES string of the molecule is CCC(C)n1ncn(-c2ccc(N3CCN(c4ccc(OC[C@@H]5CO[C@@](Cn6nccn6)(c6ccc(Cl)cc6Cl)O5)c(F)c4)CC3)cc2)c1=O. The zero-order valence-corrected chi connectivity index (χ0v) is 29.2. The van der Waals surface area contributed by atoms with Gasteiger partial charge in [0, 0.05) is 54.2 Å². The van der Waals surface area contributed by atoms with Gasteiger partial charge in [0.05, 0.1) is 35.8 Å². The van der Waals surface area contributed by atoms with Crippen molar-refractivity contribution >= 4 is 34.6 Å². The smallest absolute Gasteiger partial charge is 0.350 e. The number of benzene rings is 3. The van der Waals surface area contributed by atoms with Gasteiger partial charge in [0.25, 0.3) is 0 Å². The van der Waals surface area contributed by atoms with Crippen LogP contribution in [-0.2, 0) is 21.8 Å². The van der Waals surface area contributed by atoms with E-state index in [4.69, 9.17) is 37.4 Å². The highest BCUT2D eigenvalue weighted by atomic mass is 35.5. The molecule has 50 heavy (non-hydrogen) atoms. The van der Waals surface area contributed by atoms with Gasteiger partial charge in [-0.1, -0.05) is 36.2 Å². The maximum atomic E-state index is 15.3. The predicted octanol–water partition coefficient (Wildman–Crippen LogP) is 5.72. The molecule has 0 aliphatic carbocycles. The number of halogens is 3. The summed E-state index contributed by atoms with van der Waals surface area (Å²) in [6, 6.07) is 18.1. The normalized spacial score (nSPS) is 20.0. The van der Waals surface area contributed by atoms with Crippen LogP contribution in [0.5, 0.6) is 5.75 Å². The van der Waals surface area contributed by atoms with Crippen molar-refractivity contribution in [1.29, 1.82) is 0 Å². The van der Waals surface area contributed by atoms with Crippen molar-refractivity contribution in [1.82, 2.24) is 29.3 Å². The molecule has 12 nitrogen and oxygen atoms in total. The topological polar surface area (TPSA) is 105 Å². The Kier molecular flexibility index (Phi) is 9.82. The molecule has 2 fully saturated rings. The molecule has 5 aromatic rings. The Morgan fingerprint density at radius 1 is 0.940 bits per heavy atom. The maximum Gasteiger partial charge on any atom is 0.350 e. The first-order chi connectivity index (χ1) is 24.2. The fraction of sp³-hybridized carbons (Fsp3) is 0.371. The first-order valence-electron chi connectivity index (χ1n) is 16.5. The van der Waals surface area contributed by atoms with E-state index >= 15 is 4.39 Å². The van der Waals surface area contributed by atoms with Crippen molar-refractivity contribution < 1.29 is 18.6 Å². The standard InChI is InChI=1S/C35H37Cl2FN8O4/c1-3-24(2)46-34(47)44(23-41-46)27-7-5-26(6-8-27)42-14-16-43(17-15-42)28-9-11-33(32(38)19-28)48-20-29-21-49-35(50-29,22-45-39-12-13-40-45)30-10-4-25(36)18-31(30)37/h4-13,18-19,23-24,29H,3,14-17,20-22H2,1-2H3/t24?,29-,35-/m1/s1. The number of anilines is 2. The summed E-state index contributed by atoms with van der Waals surface area (Å²) >= 11 is 12.7. The van der Waals surface area contributed by atoms with Crippen LogP contribution in [0.25, 0.3) is 5.69 Å². The lowest BCUT2D eigenvalue weighted by molar-refractivity contribution is -0.192. The summed E-state index contributed by atoms with van der Waals surface area (Å²) in [7, 11) is 0. The maximum absolute atomic E-state index is 15.3. The molecule has 0 saturated carbocycles. The van der Waals surface area contributed by atoms with Gasteiger partial charge in [0.1, 0.15) is 25.6 Å². The molecule has 2 aliphatic heterocycles. The fourth-order valence-corrected chi connectivity index (χ4v) is 6.82. The Morgan fingerprint density at radius 3 is 2.30 bits per heavy atom. The molecule has 15 heteroatoms. The molecular weight excluding hydrogens is 686 g/mol. The zero-order valence-electron chi connectivity index (χ0n) is 27.7. The molecule has 0 spiro atoms. The van der Waals surface area contributed by atoms with E-state index in [0.717, 1.165) is 49.7 Å². The summed E-state index contributed by atoms with van der Waals surface area (Å²) in [5.74, 6) is -1.61. The molecule has 7 rings (SSSR count). The van der Waals surface area contributed by atoms with Crippen LogP contribution in [0.15, 0.2) is 84.2 Å². The lowest BCUT2D eigenvalue weighted by atomic mass is 10.1. The Balaban J connectivity index is 0.947. The van der Waals surface area contributed by atoms with Crippen molar-refractivity contribution in [2.45, 2.75) is 44.7 Å². The van der Waals surface area contributed by atoms with E-state index in [1.54, 1.807) is 47.6 Å². The molecular formula is C35H37Cl2FN8O4. The predicted molar refractivity (Wildman–Crippen MR) is 188 cm³/mol. The Labute approximate surface area is 298 Å². The average molecular weight is 724 g/mol. The van der Waals surface area contributed by atoms with Gasteiger partial charge >= 0.3 is 5.69 Å². The van der Waals surface area contributed by atoms with Crippen LogP contribution in [0.1, 0.15) is 31.9 Å². The van der Waals surface area contributed by atoms with Crippen LogP contribution in [0, 0.1) is 5.82 Å². The van der Waals surface area contributed by atoms with E-state index < -0.39 is 17.7 Å². The Bertz CT molecular complexity index is 1980. The molecule has 3 aromatic carbocycles. The van der Waals surface area contributed by atoms with Gasteiger partial charge in [-0.15, -0.1) is 0 Å². The zero-order chi connectivity index (χ0) is 34.8. The highest BCUT2D eigenvalue weighted by molar-refractivity contribution is 6.35. The third-order valence-electron chi connectivity index (χ3n) is 9.20. The summed E-state index contributed by atoms with van der Waals surface area (Å²) in [5, 5.41) is 13.5. The molecule has 4 heterocycles. The third kappa shape index (κ3) is 6.95. The van der Waals surface area contributed by atoms with Crippen LogP contribution in [-0.4, -0.2) is 74.8 Å². The number of ether oxygens (including phenoxy) is 3. The first kappa shape index (κ1) is 34.0. The van der Waals surface area contributed by atoms with Crippen LogP contribution in [0.3, 0.4) is 0 Å². The van der Waals surface area contributed by atoms with Crippen molar-refractivity contribution in [3.05, 3.63) is 111 Å². The Hall–Kier alpha value is -4.43. The number of aromatic nitrogens is 6. The molecule has 2 aliphatic rings. The van der Waals surface area contributed by atoms with Crippen LogP contribution in [0.2, 0.25) is 10.0 Å². The molecule has 0 radical (unpaired) electrons. The van der Waals surface area contributed by atoms with E-state index in [1.807, 2.05) is 44.2 Å². The van der Waals surface area contributed by atoms with Gasteiger partial charge in [-0.05, 0) is 61.9 Å². The number of nitrogens with zero attached hydrogens (tertiary/aromatic N) is 8. The van der Waals surface area contributed by atoms with E-state index in [1.165, 1.54) is 15.5 Å². The van der Waals surface area contributed by atoms with Crippen LogP contribution in [0.4, 0.5) is 15.8 Å². The van der Waals surface area contributed by atoms with Crippen molar-refractivity contribution in [2.24, 2.45) is 0 Å². The summed E-state index contributed by atoms with van der Waals surface area (Å²) in [4.78, 5) is 18.7. The monoisotopic (exact) mass is 722 g/mol. The average Bonchev–Trinajstić information content (AvgIpc) is 3.89. The van der Waals surface area contributed by atoms with E-state index in [-0.39, 0.29) is 37.2 Å². The lowest BCUT2D eigenvalue weighted by Crippen LogP contribution is -2.46. The van der Waals surface area contributed by atoms with Gasteiger partial charge in [-0.3, -0.25) is 0 Å². The van der Waals surface area contributed by atoms with Crippen molar-refractivity contribution in [3.63, 3.8) is 0 Å². The van der Waals surface area contributed by atoms with E-state index in [9.17, 15) is 4.79 Å². The molecule has 0 bridgehead atoms. The summed E-state index contributed by atoms with van der Waals surface area (Å²) < 4.78 is 36.9. The summed E-state index contributed by atoms with van der Waals surface area (Å²) in [5.41, 5.74) is 3.05. The molecule has 2 saturated heterocycles. The second-order valence-electron chi connectivity index (χ2n) is 12.4. The van der Waals surface area contributed by atoms with E-state index in [0.29, 0.717) is 15.6 Å². The number of hydrogen-bond acceptors (Lipinski definition) is 9. The summed E-state index contributed by atoms with van der Waals surface area (Å²) in [6.07, 6.45) is 5.01. The van der Waals surface area contributed by atoms with Crippen LogP contribution >= 0.6 is 23.2 Å². The minimum absolute atomic E-state index is 0.0398. The van der Waals surface area contributed by atoms with Gasteiger partial charge < -0.3 is 24.0 Å². The molecule has 2 aromatic heterocycles. The van der Waals surface area contributed by atoms with Gasteiger partial charge in [0.15, 0.2) is 11.6 Å². The molecule has 0 N–H and O–H groups in total. The van der Waals surface area contributed by atoms with Gasteiger partial charge in [0.2, 0.25) is 5.79 Å². The second kappa shape index (κ2) is 14.4. The van der Waals surface area contributed by atoms with Gasteiger partial charge in [-0.2, -0.15) is 20.1 Å². The van der Waals surface area contributed by atoms with E-state index in [2.05, 4.69) is 25.1 Å². The van der Waals surface area contributed by atoms with Crippen molar-refractivity contribution in [3.8, 4) is 11.4 Å². The van der Waals surface area contributed by atoms with Crippen molar-refractivity contribution in [2.75, 3.05) is 49.2 Å². The minimum Gasteiger partial charge on any atom is -0.488 e. The molecule has 1 unspecified atom stereocenters. The molecule has 3 atom stereocenters. The minimum atomic E-state index is -1.28. The second-order valence-corrected chi connectivity index (χ2v) is 13.2. The summed E-state index contributed by atoms with van der Waals surface area (Å²) in [6.45, 7) is 7.36.